The van der Waals surface area contributed by atoms with Gasteiger partial charge in [0.2, 0.25) is 5.91 Å². The number of aromatic nitrogens is 1. The minimum Gasteiger partial charge on any atom is -0.325 e. The molecule has 0 aliphatic carbocycles. The van der Waals surface area contributed by atoms with Gasteiger partial charge in [0.15, 0.2) is 0 Å². The Bertz CT molecular complexity index is 359. The van der Waals surface area contributed by atoms with Gasteiger partial charge in [-0.25, -0.2) is 0 Å². The first-order valence-corrected chi connectivity index (χ1v) is 5.22. The summed E-state index contributed by atoms with van der Waals surface area (Å²) in [6.07, 6.45) is 3.70. The highest BCUT2D eigenvalue weighted by Gasteiger charge is 2.21. The molecule has 1 amide bonds. The van der Waals surface area contributed by atoms with Crippen molar-refractivity contribution in [1.82, 2.24) is 10.3 Å². The number of anilines is 1. The maximum absolute atomic E-state index is 11.7. The number of rotatable bonds is 2. The standard InChI is InChI=1S/C11H15N3O/c1-8-7-9(4-6-12-8)14-11(15)10-3-2-5-13-10/h4,6-7,10,13H,2-3,5H2,1H3,(H,12,14,15)/t10-/m1/s1. The zero-order valence-corrected chi connectivity index (χ0v) is 8.79. The molecule has 0 aromatic carbocycles. The molecular weight excluding hydrogens is 190 g/mol. The van der Waals surface area contributed by atoms with Crippen molar-refractivity contribution in [3.05, 3.63) is 24.0 Å². The molecule has 2 N–H and O–H groups in total. The quantitative estimate of drug-likeness (QED) is 0.759. The predicted octanol–water partition coefficient (Wildman–Crippen LogP) is 1.08. The molecule has 1 aromatic rings. The fourth-order valence-corrected chi connectivity index (χ4v) is 1.76. The first-order chi connectivity index (χ1) is 7.25. The summed E-state index contributed by atoms with van der Waals surface area (Å²) < 4.78 is 0. The van der Waals surface area contributed by atoms with Gasteiger partial charge >= 0.3 is 0 Å². The van der Waals surface area contributed by atoms with Crippen molar-refractivity contribution < 1.29 is 4.79 Å². The molecule has 1 aliphatic heterocycles. The topological polar surface area (TPSA) is 54.0 Å². The molecule has 1 aromatic heterocycles. The van der Waals surface area contributed by atoms with Crippen LogP contribution in [-0.2, 0) is 4.79 Å². The number of hydrogen-bond acceptors (Lipinski definition) is 3. The average molecular weight is 205 g/mol. The lowest BCUT2D eigenvalue weighted by Gasteiger charge is -2.10. The van der Waals surface area contributed by atoms with E-state index >= 15 is 0 Å². The highest BCUT2D eigenvalue weighted by atomic mass is 16.2. The molecule has 4 nitrogen and oxygen atoms in total. The summed E-state index contributed by atoms with van der Waals surface area (Å²) in [7, 11) is 0. The fourth-order valence-electron chi connectivity index (χ4n) is 1.76. The SMILES string of the molecule is Cc1cc(NC(=O)[C@H]2CCCN2)ccn1. The van der Waals surface area contributed by atoms with Crippen LogP contribution in [0.4, 0.5) is 5.69 Å². The highest BCUT2D eigenvalue weighted by Crippen LogP contribution is 2.11. The van der Waals surface area contributed by atoms with Gasteiger partial charge in [0.25, 0.3) is 0 Å². The van der Waals surface area contributed by atoms with E-state index in [0.29, 0.717) is 0 Å². The number of nitrogens with zero attached hydrogens (tertiary/aromatic N) is 1. The second kappa shape index (κ2) is 4.40. The number of nitrogens with one attached hydrogen (secondary N) is 2. The van der Waals surface area contributed by atoms with E-state index in [1.807, 2.05) is 13.0 Å². The Labute approximate surface area is 89.1 Å². The Balaban J connectivity index is 1.99. The number of amides is 1. The third kappa shape index (κ3) is 2.53. The van der Waals surface area contributed by atoms with Crippen LogP contribution >= 0.6 is 0 Å². The minimum absolute atomic E-state index is 0.0292. The zero-order chi connectivity index (χ0) is 10.7. The summed E-state index contributed by atoms with van der Waals surface area (Å²) in [5.74, 6) is 0.0538. The van der Waals surface area contributed by atoms with Crippen molar-refractivity contribution in [2.45, 2.75) is 25.8 Å². The van der Waals surface area contributed by atoms with Crippen molar-refractivity contribution in [3.63, 3.8) is 0 Å². The van der Waals surface area contributed by atoms with Crippen molar-refractivity contribution >= 4 is 11.6 Å². The molecule has 4 heteroatoms. The fraction of sp³-hybridized carbons (Fsp3) is 0.455. The van der Waals surface area contributed by atoms with E-state index in [0.717, 1.165) is 30.8 Å². The third-order valence-corrected chi connectivity index (χ3v) is 2.54. The number of carbonyl (C=O) groups excluding carboxylic acids is 1. The molecule has 0 spiro atoms. The number of hydrogen-bond donors (Lipinski definition) is 2. The Kier molecular flexibility index (Phi) is 2.97. The first-order valence-electron chi connectivity index (χ1n) is 5.22. The highest BCUT2D eigenvalue weighted by molar-refractivity contribution is 5.94. The van der Waals surface area contributed by atoms with Crippen LogP contribution in [0.3, 0.4) is 0 Å². The maximum Gasteiger partial charge on any atom is 0.241 e. The number of aryl methyl sites for hydroxylation is 1. The summed E-state index contributed by atoms with van der Waals surface area (Å²) in [5.41, 5.74) is 1.73. The van der Waals surface area contributed by atoms with Crippen LogP contribution in [0.15, 0.2) is 18.3 Å². The summed E-state index contributed by atoms with van der Waals surface area (Å²) in [6, 6.07) is 3.64. The lowest BCUT2D eigenvalue weighted by atomic mass is 10.2. The van der Waals surface area contributed by atoms with E-state index in [4.69, 9.17) is 0 Å². The van der Waals surface area contributed by atoms with Gasteiger partial charge in [-0.1, -0.05) is 0 Å². The summed E-state index contributed by atoms with van der Waals surface area (Å²) in [5, 5.41) is 6.05. The van der Waals surface area contributed by atoms with Gasteiger partial charge in [-0.2, -0.15) is 0 Å². The van der Waals surface area contributed by atoms with Crippen molar-refractivity contribution in [2.75, 3.05) is 11.9 Å². The average Bonchev–Trinajstić information content (AvgIpc) is 2.70. The second-order valence-corrected chi connectivity index (χ2v) is 3.82. The largest absolute Gasteiger partial charge is 0.325 e. The Morgan fingerprint density at radius 1 is 1.67 bits per heavy atom. The van der Waals surface area contributed by atoms with E-state index in [2.05, 4.69) is 15.6 Å². The number of pyridine rings is 1. The Hall–Kier alpha value is -1.42. The predicted molar refractivity (Wildman–Crippen MR) is 58.6 cm³/mol. The lowest BCUT2D eigenvalue weighted by Crippen LogP contribution is -2.35. The van der Waals surface area contributed by atoms with Gasteiger partial charge < -0.3 is 10.6 Å². The van der Waals surface area contributed by atoms with Gasteiger partial charge in [-0.3, -0.25) is 9.78 Å². The molecule has 0 unspecified atom stereocenters. The van der Waals surface area contributed by atoms with Gasteiger partial charge in [0, 0.05) is 17.6 Å². The maximum atomic E-state index is 11.7. The van der Waals surface area contributed by atoms with E-state index in [1.54, 1.807) is 12.3 Å². The normalized spacial score (nSPS) is 20.2. The molecule has 2 rings (SSSR count). The van der Waals surface area contributed by atoms with E-state index in [9.17, 15) is 4.79 Å². The molecule has 80 valence electrons. The van der Waals surface area contributed by atoms with Gasteiger partial charge in [-0.05, 0) is 38.4 Å². The van der Waals surface area contributed by atoms with Crippen LogP contribution in [-0.4, -0.2) is 23.5 Å². The van der Waals surface area contributed by atoms with E-state index in [1.165, 1.54) is 0 Å². The van der Waals surface area contributed by atoms with E-state index in [-0.39, 0.29) is 11.9 Å². The van der Waals surface area contributed by atoms with Crippen molar-refractivity contribution in [3.8, 4) is 0 Å². The van der Waals surface area contributed by atoms with Crippen LogP contribution in [0, 0.1) is 6.92 Å². The van der Waals surface area contributed by atoms with Gasteiger partial charge in [0.05, 0.1) is 6.04 Å². The summed E-state index contributed by atoms with van der Waals surface area (Å²) in [4.78, 5) is 15.8. The molecule has 0 bridgehead atoms. The Morgan fingerprint density at radius 3 is 3.20 bits per heavy atom. The van der Waals surface area contributed by atoms with Crippen LogP contribution in [0.2, 0.25) is 0 Å². The molecule has 15 heavy (non-hydrogen) atoms. The van der Waals surface area contributed by atoms with Crippen LogP contribution in [0.25, 0.3) is 0 Å². The summed E-state index contributed by atoms with van der Waals surface area (Å²) >= 11 is 0. The number of carbonyl (C=O) groups is 1. The smallest absolute Gasteiger partial charge is 0.241 e. The first kappa shape index (κ1) is 10.1. The molecule has 1 aliphatic rings. The second-order valence-electron chi connectivity index (χ2n) is 3.82. The van der Waals surface area contributed by atoms with Crippen LogP contribution in [0.5, 0.6) is 0 Å². The summed E-state index contributed by atoms with van der Waals surface area (Å²) in [6.45, 7) is 2.84. The molecule has 0 radical (unpaired) electrons. The monoisotopic (exact) mass is 205 g/mol. The van der Waals surface area contributed by atoms with E-state index < -0.39 is 0 Å². The van der Waals surface area contributed by atoms with Crippen molar-refractivity contribution in [2.24, 2.45) is 0 Å². The molecule has 1 atom stereocenters. The molecule has 0 saturated carbocycles. The third-order valence-electron chi connectivity index (χ3n) is 2.54. The molecule has 1 saturated heterocycles. The Morgan fingerprint density at radius 2 is 2.53 bits per heavy atom. The van der Waals surface area contributed by atoms with Crippen LogP contribution < -0.4 is 10.6 Å². The minimum atomic E-state index is -0.0292. The molecular formula is C11H15N3O. The van der Waals surface area contributed by atoms with Crippen LogP contribution in [0.1, 0.15) is 18.5 Å². The van der Waals surface area contributed by atoms with Crippen molar-refractivity contribution in [1.29, 1.82) is 0 Å². The molecule has 2 heterocycles. The zero-order valence-electron chi connectivity index (χ0n) is 8.79. The van der Waals surface area contributed by atoms with Gasteiger partial charge in [0.1, 0.15) is 0 Å². The van der Waals surface area contributed by atoms with Gasteiger partial charge in [-0.15, -0.1) is 0 Å². The molecule has 1 fully saturated rings. The lowest BCUT2D eigenvalue weighted by molar-refractivity contribution is -0.117.